The van der Waals surface area contributed by atoms with Gasteiger partial charge < -0.3 is 15.6 Å². The fourth-order valence-corrected chi connectivity index (χ4v) is 2.42. The molecule has 2 heterocycles. The smallest absolute Gasteiger partial charge is 0.132 e. The molecule has 0 saturated heterocycles. The van der Waals surface area contributed by atoms with Crippen molar-refractivity contribution in [1.82, 2.24) is 15.3 Å². The maximum absolute atomic E-state index is 13.0. The molecule has 0 saturated carbocycles. The van der Waals surface area contributed by atoms with E-state index in [9.17, 15) is 4.39 Å². The van der Waals surface area contributed by atoms with Gasteiger partial charge in [-0.1, -0.05) is 11.6 Å². The maximum Gasteiger partial charge on any atom is 0.132 e. The summed E-state index contributed by atoms with van der Waals surface area (Å²) in [6.07, 6.45) is 3.76. The van der Waals surface area contributed by atoms with Gasteiger partial charge in [0.2, 0.25) is 0 Å². The zero-order valence-electron chi connectivity index (χ0n) is 11.4. The molecule has 3 rings (SSSR count). The van der Waals surface area contributed by atoms with Crippen LogP contribution in [0, 0.1) is 5.82 Å². The molecule has 0 atom stereocenters. The Morgan fingerprint density at radius 1 is 1.33 bits per heavy atom. The Morgan fingerprint density at radius 3 is 2.95 bits per heavy atom. The number of hydrogen-bond donors (Lipinski definition) is 3. The van der Waals surface area contributed by atoms with Crippen molar-refractivity contribution in [2.75, 3.05) is 12.4 Å². The zero-order valence-corrected chi connectivity index (χ0v) is 12.1. The summed E-state index contributed by atoms with van der Waals surface area (Å²) in [5, 5.41) is 7.59. The van der Waals surface area contributed by atoms with E-state index in [1.54, 1.807) is 12.3 Å². The molecule has 0 amide bonds. The molecule has 0 unspecified atom stereocenters. The molecular weight excluding hydrogens is 291 g/mol. The minimum absolute atomic E-state index is 0.319. The molecule has 3 N–H and O–H groups in total. The van der Waals surface area contributed by atoms with Gasteiger partial charge in [-0.3, -0.25) is 0 Å². The molecule has 21 heavy (non-hydrogen) atoms. The van der Waals surface area contributed by atoms with E-state index in [0.29, 0.717) is 16.5 Å². The summed E-state index contributed by atoms with van der Waals surface area (Å²) < 4.78 is 13.0. The fourth-order valence-electron chi connectivity index (χ4n) is 2.21. The molecule has 4 nitrogen and oxygen atoms in total. The summed E-state index contributed by atoms with van der Waals surface area (Å²) in [5.41, 5.74) is 2.76. The van der Waals surface area contributed by atoms with Crippen LogP contribution in [0.15, 0.2) is 36.7 Å². The Hall–Kier alpha value is -2.11. The number of benzene rings is 1. The molecule has 0 aliphatic heterocycles. The molecule has 6 heteroatoms. The molecule has 0 aliphatic rings. The number of aromatic nitrogens is 2. The summed E-state index contributed by atoms with van der Waals surface area (Å²) in [6.45, 7) is 0.776. The van der Waals surface area contributed by atoms with Gasteiger partial charge in [0.05, 0.1) is 16.2 Å². The topological polar surface area (TPSA) is 52.7 Å². The van der Waals surface area contributed by atoms with Crippen molar-refractivity contribution in [2.24, 2.45) is 0 Å². The van der Waals surface area contributed by atoms with Gasteiger partial charge in [-0.05, 0) is 30.8 Å². The second-order valence-electron chi connectivity index (χ2n) is 4.71. The number of fused-ring (bicyclic) bond motifs is 1. The highest BCUT2D eigenvalue weighted by Gasteiger charge is 2.07. The van der Waals surface area contributed by atoms with Crippen LogP contribution in [0.5, 0.6) is 0 Å². The summed E-state index contributed by atoms with van der Waals surface area (Å²) in [4.78, 5) is 7.58. The number of pyridine rings is 1. The van der Waals surface area contributed by atoms with E-state index in [0.717, 1.165) is 23.0 Å². The summed E-state index contributed by atoms with van der Waals surface area (Å²) in [7, 11) is 1.90. The summed E-state index contributed by atoms with van der Waals surface area (Å²) in [6, 6.07) is 6.10. The molecule has 108 valence electrons. The van der Waals surface area contributed by atoms with Gasteiger partial charge >= 0.3 is 0 Å². The molecule has 0 radical (unpaired) electrons. The predicted molar refractivity (Wildman–Crippen MR) is 83.6 cm³/mol. The first-order valence-electron chi connectivity index (χ1n) is 6.50. The number of rotatable bonds is 4. The quantitative estimate of drug-likeness (QED) is 0.687. The highest BCUT2D eigenvalue weighted by molar-refractivity contribution is 6.33. The van der Waals surface area contributed by atoms with Gasteiger partial charge in [-0.15, -0.1) is 0 Å². The average Bonchev–Trinajstić information content (AvgIpc) is 2.85. The van der Waals surface area contributed by atoms with Gasteiger partial charge in [0.1, 0.15) is 11.6 Å². The van der Waals surface area contributed by atoms with Crippen LogP contribution in [0.4, 0.5) is 15.9 Å². The van der Waals surface area contributed by atoms with Crippen molar-refractivity contribution in [3.8, 4) is 0 Å². The number of aromatic amines is 1. The van der Waals surface area contributed by atoms with Crippen molar-refractivity contribution in [3.63, 3.8) is 0 Å². The minimum Gasteiger partial charge on any atom is -0.361 e. The maximum atomic E-state index is 13.0. The van der Waals surface area contributed by atoms with Crippen LogP contribution in [0.2, 0.25) is 5.02 Å². The molecule has 1 aromatic carbocycles. The SMILES string of the molecule is CNCc1c[nH]c2cc(Nc3ccc(F)cc3Cl)ncc12. The minimum atomic E-state index is -0.366. The first-order valence-corrected chi connectivity index (χ1v) is 6.88. The highest BCUT2D eigenvalue weighted by Crippen LogP contribution is 2.27. The van der Waals surface area contributed by atoms with Crippen LogP contribution in [0.3, 0.4) is 0 Å². The van der Waals surface area contributed by atoms with E-state index >= 15 is 0 Å². The fraction of sp³-hybridized carbons (Fsp3) is 0.133. The molecule has 0 aliphatic carbocycles. The van der Waals surface area contributed by atoms with Crippen molar-refractivity contribution < 1.29 is 4.39 Å². The lowest BCUT2D eigenvalue weighted by molar-refractivity contribution is 0.628. The van der Waals surface area contributed by atoms with Crippen molar-refractivity contribution >= 4 is 34.0 Å². The van der Waals surface area contributed by atoms with Crippen LogP contribution >= 0.6 is 11.6 Å². The number of halogens is 2. The zero-order chi connectivity index (χ0) is 14.8. The molecule has 0 spiro atoms. The van der Waals surface area contributed by atoms with E-state index in [4.69, 9.17) is 11.6 Å². The first kappa shape index (κ1) is 13.9. The number of H-pyrrole nitrogens is 1. The Balaban J connectivity index is 1.91. The Kier molecular flexibility index (Phi) is 3.77. The van der Waals surface area contributed by atoms with Gasteiger partial charge in [0, 0.05) is 30.4 Å². The molecule has 2 aromatic heterocycles. The summed E-state index contributed by atoms with van der Waals surface area (Å²) in [5.74, 6) is 0.281. The number of nitrogens with one attached hydrogen (secondary N) is 3. The Labute approximate surface area is 126 Å². The van der Waals surface area contributed by atoms with E-state index in [-0.39, 0.29) is 5.82 Å². The van der Waals surface area contributed by atoms with Crippen LogP contribution in [0.1, 0.15) is 5.56 Å². The lowest BCUT2D eigenvalue weighted by Gasteiger charge is -2.08. The molecular formula is C15H14ClFN4. The van der Waals surface area contributed by atoms with Gasteiger partial charge in [-0.25, -0.2) is 9.37 Å². The lowest BCUT2D eigenvalue weighted by Crippen LogP contribution is -2.04. The largest absolute Gasteiger partial charge is 0.361 e. The van der Waals surface area contributed by atoms with E-state index in [1.807, 2.05) is 19.3 Å². The number of anilines is 2. The molecule has 0 fully saturated rings. The van der Waals surface area contributed by atoms with Crippen molar-refractivity contribution in [3.05, 3.63) is 53.1 Å². The molecule has 0 bridgehead atoms. The average molecular weight is 305 g/mol. The highest BCUT2D eigenvalue weighted by atomic mass is 35.5. The van der Waals surface area contributed by atoms with E-state index in [1.165, 1.54) is 12.1 Å². The number of nitrogens with zero attached hydrogens (tertiary/aromatic N) is 1. The van der Waals surface area contributed by atoms with Gasteiger partial charge in [0.25, 0.3) is 0 Å². The normalized spacial score (nSPS) is 11.0. The predicted octanol–water partition coefficient (Wildman–Crippen LogP) is 3.82. The van der Waals surface area contributed by atoms with E-state index < -0.39 is 0 Å². The third kappa shape index (κ3) is 2.84. The van der Waals surface area contributed by atoms with Gasteiger partial charge in [-0.2, -0.15) is 0 Å². The summed E-state index contributed by atoms with van der Waals surface area (Å²) >= 11 is 6.00. The van der Waals surface area contributed by atoms with Crippen molar-refractivity contribution in [1.29, 1.82) is 0 Å². The number of hydrogen-bond acceptors (Lipinski definition) is 3. The lowest BCUT2D eigenvalue weighted by atomic mass is 10.2. The second kappa shape index (κ2) is 5.71. The standard InChI is InChI=1S/C15H14ClFN4/c1-18-6-9-7-19-14-5-15(20-8-11(9)14)21-13-3-2-10(17)4-12(13)16/h2-5,7-8,18-19H,6H2,1H3,(H,20,21). The molecule has 3 aromatic rings. The van der Waals surface area contributed by atoms with E-state index in [2.05, 4.69) is 20.6 Å². The third-order valence-electron chi connectivity index (χ3n) is 3.21. The van der Waals surface area contributed by atoms with Crippen LogP contribution in [-0.4, -0.2) is 17.0 Å². The van der Waals surface area contributed by atoms with Crippen LogP contribution < -0.4 is 10.6 Å². The van der Waals surface area contributed by atoms with Crippen molar-refractivity contribution in [2.45, 2.75) is 6.54 Å². The second-order valence-corrected chi connectivity index (χ2v) is 5.12. The monoisotopic (exact) mass is 304 g/mol. The first-order chi connectivity index (χ1) is 10.2. The van der Waals surface area contributed by atoms with Crippen LogP contribution in [-0.2, 0) is 6.54 Å². The van der Waals surface area contributed by atoms with Crippen LogP contribution in [0.25, 0.3) is 10.9 Å². The Bertz CT molecular complexity index is 784. The van der Waals surface area contributed by atoms with Gasteiger partial charge in [0.15, 0.2) is 0 Å². The third-order valence-corrected chi connectivity index (χ3v) is 3.53. The Morgan fingerprint density at radius 2 is 2.19 bits per heavy atom.